The summed E-state index contributed by atoms with van der Waals surface area (Å²) in [5.74, 6) is -0.385. The van der Waals surface area contributed by atoms with Crippen LogP contribution in [0.25, 0.3) is 10.8 Å². The molecule has 0 heterocycles. The lowest BCUT2D eigenvalue weighted by Crippen LogP contribution is -2.42. The minimum atomic E-state index is -3.70. The van der Waals surface area contributed by atoms with E-state index in [4.69, 9.17) is 0 Å². The van der Waals surface area contributed by atoms with Gasteiger partial charge < -0.3 is 5.32 Å². The lowest BCUT2D eigenvalue weighted by molar-refractivity contribution is -0.120. The van der Waals surface area contributed by atoms with Crippen LogP contribution >= 0.6 is 0 Å². The Hall–Kier alpha value is -3.64. The van der Waals surface area contributed by atoms with Crippen molar-refractivity contribution in [2.75, 3.05) is 17.1 Å². The second-order valence-electron chi connectivity index (χ2n) is 8.09. The molecule has 168 valence electrons. The molecule has 33 heavy (non-hydrogen) atoms. The van der Waals surface area contributed by atoms with E-state index in [2.05, 4.69) is 5.32 Å². The molecule has 0 spiro atoms. The summed E-state index contributed by atoms with van der Waals surface area (Å²) in [4.78, 5) is 13.2. The van der Waals surface area contributed by atoms with Crippen LogP contribution in [0.15, 0.2) is 97.1 Å². The molecule has 1 amide bonds. The van der Waals surface area contributed by atoms with Gasteiger partial charge in [-0.25, -0.2) is 8.42 Å². The predicted octanol–water partition coefficient (Wildman–Crippen LogP) is 4.82. The van der Waals surface area contributed by atoms with Gasteiger partial charge in [-0.2, -0.15) is 0 Å². The first-order valence-electron chi connectivity index (χ1n) is 10.7. The third-order valence-corrected chi connectivity index (χ3v) is 6.66. The molecule has 0 aliphatic carbocycles. The van der Waals surface area contributed by atoms with Crippen molar-refractivity contribution in [3.63, 3.8) is 0 Å². The molecule has 0 fully saturated rings. The van der Waals surface area contributed by atoms with Crippen LogP contribution in [0.1, 0.15) is 22.7 Å². The Morgan fingerprint density at radius 1 is 0.848 bits per heavy atom. The van der Waals surface area contributed by atoms with Gasteiger partial charge in [-0.15, -0.1) is 0 Å². The van der Waals surface area contributed by atoms with Crippen LogP contribution < -0.4 is 9.62 Å². The maximum absolute atomic E-state index is 13.2. The molecule has 1 atom stereocenters. The van der Waals surface area contributed by atoms with E-state index in [1.165, 1.54) is 4.31 Å². The fourth-order valence-electron chi connectivity index (χ4n) is 4.00. The van der Waals surface area contributed by atoms with Crippen LogP contribution in [0.5, 0.6) is 0 Å². The Kier molecular flexibility index (Phi) is 6.47. The third kappa shape index (κ3) is 5.23. The molecule has 0 radical (unpaired) electrons. The van der Waals surface area contributed by atoms with E-state index in [0.717, 1.165) is 33.7 Å². The minimum Gasteiger partial charge on any atom is -0.344 e. The van der Waals surface area contributed by atoms with Gasteiger partial charge in [0.05, 0.1) is 18.0 Å². The van der Waals surface area contributed by atoms with Crippen molar-refractivity contribution in [1.82, 2.24) is 5.32 Å². The zero-order valence-electron chi connectivity index (χ0n) is 18.6. The summed E-state index contributed by atoms with van der Waals surface area (Å²) in [6, 6.07) is 30.2. The number of anilines is 1. The largest absolute Gasteiger partial charge is 0.344 e. The summed E-state index contributed by atoms with van der Waals surface area (Å²) in [5.41, 5.74) is 3.42. The molecular formula is C27H26N2O3S. The van der Waals surface area contributed by atoms with Crippen molar-refractivity contribution in [1.29, 1.82) is 0 Å². The van der Waals surface area contributed by atoms with Gasteiger partial charge in [0, 0.05) is 5.39 Å². The van der Waals surface area contributed by atoms with Gasteiger partial charge in [0.25, 0.3) is 0 Å². The number of benzene rings is 4. The zero-order chi connectivity index (χ0) is 23.4. The highest BCUT2D eigenvalue weighted by molar-refractivity contribution is 7.92. The first-order chi connectivity index (χ1) is 15.8. The van der Waals surface area contributed by atoms with E-state index < -0.39 is 16.1 Å². The summed E-state index contributed by atoms with van der Waals surface area (Å²) >= 11 is 0. The number of hydrogen-bond donors (Lipinski definition) is 1. The van der Waals surface area contributed by atoms with Crippen LogP contribution in [-0.2, 0) is 14.8 Å². The topological polar surface area (TPSA) is 66.5 Å². The van der Waals surface area contributed by atoms with Crippen molar-refractivity contribution in [2.45, 2.75) is 13.0 Å². The number of nitrogens with one attached hydrogen (secondary N) is 1. The molecule has 1 unspecified atom stereocenters. The Morgan fingerprint density at radius 2 is 1.48 bits per heavy atom. The van der Waals surface area contributed by atoms with Gasteiger partial charge in [-0.05, 0) is 29.5 Å². The molecule has 0 saturated heterocycles. The second kappa shape index (κ2) is 9.46. The number of rotatable bonds is 7. The van der Waals surface area contributed by atoms with E-state index in [0.29, 0.717) is 5.69 Å². The third-order valence-electron chi connectivity index (χ3n) is 5.54. The van der Waals surface area contributed by atoms with Gasteiger partial charge in [0.1, 0.15) is 6.54 Å². The number of hydrogen-bond acceptors (Lipinski definition) is 3. The number of amides is 1. The highest BCUT2D eigenvalue weighted by atomic mass is 32.2. The van der Waals surface area contributed by atoms with Crippen molar-refractivity contribution < 1.29 is 13.2 Å². The summed E-state index contributed by atoms with van der Waals surface area (Å²) in [5, 5.41) is 4.74. The smallest absolute Gasteiger partial charge is 0.241 e. The van der Waals surface area contributed by atoms with Gasteiger partial charge >= 0.3 is 0 Å². The first kappa shape index (κ1) is 22.6. The van der Waals surface area contributed by atoms with E-state index in [1.807, 2.05) is 91.9 Å². The number of carbonyl (C=O) groups excluding carboxylic acids is 1. The quantitative estimate of drug-likeness (QED) is 0.432. The molecule has 1 N–H and O–H groups in total. The molecule has 5 nitrogen and oxygen atoms in total. The van der Waals surface area contributed by atoms with Crippen LogP contribution in [-0.4, -0.2) is 27.1 Å². The van der Waals surface area contributed by atoms with Gasteiger partial charge in [-0.1, -0.05) is 96.6 Å². The van der Waals surface area contributed by atoms with Crippen LogP contribution in [0.3, 0.4) is 0 Å². The summed E-state index contributed by atoms with van der Waals surface area (Å²) < 4.78 is 26.6. The average Bonchev–Trinajstić information content (AvgIpc) is 2.80. The fourth-order valence-corrected chi connectivity index (χ4v) is 4.87. The van der Waals surface area contributed by atoms with Crippen molar-refractivity contribution in [2.24, 2.45) is 0 Å². The van der Waals surface area contributed by atoms with E-state index in [1.54, 1.807) is 12.1 Å². The Labute approximate surface area is 194 Å². The first-order valence-corrected chi connectivity index (χ1v) is 12.5. The van der Waals surface area contributed by atoms with Crippen molar-refractivity contribution >= 4 is 32.4 Å². The molecule has 0 bridgehead atoms. The molecular weight excluding hydrogens is 432 g/mol. The maximum Gasteiger partial charge on any atom is 0.241 e. The number of nitrogens with zero attached hydrogens (tertiary/aromatic N) is 1. The Bertz CT molecular complexity index is 1380. The molecule has 4 rings (SSSR count). The second-order valence-corrected chi connectivity index (χ2v) is 10.0. The van der Waals surface area contributed by atoms with Crippen LogP contribution in [0.2, 0.25) is 0 Å². The van der Waals surface area contributed by atoms with Gasteiger partial charge in [0.2, 0.25) is 15.9 Å². The number of aryl methyl sites for hydroxylation is 1. The Balaban J connectivity index is 1.68. The molecule has 4 aromatic carbocycles. The van der Waals surface area contributed by atoms with Crippen LogP contribution in [0, 0.1) is 6.92 Å². The molecule has 0 aliphatic heterocycles. The Morgan fingerprint density at radius 3 is 2.21 bits per heavy atom. The highest BCUT2D eigenvalue weighted by Gasteiger charge is 2.25. The zero-order valence-corrected chi connectivity index (χ0v) is 19.4. The lowest BCUT2D eigenvalue weighted by Gasteiger charge is -2.26. The average molecular weight is 459 g/mol. The monoisotopic (exact) mass is 458 g/mol. The number of sulfonamides is 1. The van der Waals surface area contributed by atoms with Gasteiger partial charge in [-0.3, -0.25) is 9.10 Å². The van der Waals surface area contributed by atoms with Crippen molar-refractivity contribution in [3.05, 3.63) is 114 Å². The van der Waals surface area contributed by atoms with Crippen molar-refractivity contribution in [3.8, 4) is 0 Å². The molecule has 6 heteroatoms. The molecule has 0 saturated carbocycles. The summed E-state index contributed by atoms with van der Waals surface area (Å²) in [6.07, 6.45) is 1.12. The molecule has 0 aliphatic rings. The van der Waals surface area contributed by atoms with E-state index in [-0.39, 0.29) is 12.5 Å². The summed E-state index contributed by atoms with van der Waals surface area (Å²) in [6.45, 7) is 1.68. The van der Waals surface area contributed by atoms with E-state index >= 15 is 0 Å². The number of fused-ring (bicyclic) bond motifs is 1. The standard InChI is InChI=1S/C27H26N2O3S/c1-20-10-8-15-23(18-20)27(22-12-4-3-5-13-22)28-26(30)19-29(33(2,31)32)25-17-9-14-21-11-6-7-16-24(21)25/h3-18,27H,19H2,1-2H3,(H,28,30). The van der Waals surface area contributed by atoms with E-state index in [9.17, 15) is 13.2 Å². The molecule has 4 aromatic rings. The lowest BCUT2D eigenvalue weighted by atomic mass is 9.97. The van der Waals surface area contributed by atoms with Gasteiger partial charge in [0.15, 0.2) is 0 Å². The highest BCUT2D eigenvalue weighted by Crippen LogP contribution is 2.29. The number of carbonyl (C=O) groups is 1. The SMILES string of the molecule is Cc1cccc(C(NC(=O)CN(c2cccc3ccccc23)S(C)(=O)=O)c2ccccc2)c1. The molecule has 0 aromatic heterocycles. The normalized spacial score (nSPS) is 12.3. The fraction of sp³-hybridized carbons (Fsp3) is 0.148. The summed E-state index contributed by atoms with van der Waals surface area (Å²) in [7, 11) is -3.70. The van der Waals surface area contributed by atoms with Crippen LogP contribution in [0.4, 0.5) is 5.69 Å². The minimum absolute atomic E-state index is 0.317. The predicted molar refractivity (Wildman–Crippen MR) is 134 cm³/mol. The maximum atomic E-state index is 13.2.